The predicted molar refractivity (Wildman–Crippen MR) is 79.3 cm³/mol. The lowest BCUT2D eigenvalue weighted by atomic mass is 10.0. The van der Waals surface area contributed by atoms with E-state index in [1.165, 1.54) is 0 Å². The van der Waals surface area contributed by atoms with Crippen LogP contribution in [-0.4, -0.2) is 30.5 Å². The number of aromatic nitrogens is 5. The molecule has 0 radical (unpaired) electrons. The molecule has 114 valence electrons. The molecule has 3 aromatic rings. The van der Waals surface area contributed by atoms with Gasteiger partial charge < -0.3 is 9.90 Å². The van der Waals surface area contributed by atoms with Gasteiger partial charge in [0.15, 0.2) is 5.65 Å². The van der Waals surface area contributed by atoms with E-state index in [0.717, 1.165) is 17.0 Å². The standard InChI is InChI=1S/C15H17N5O2/c1-7-12(9(3)19(4)17-7)11-6-10(15(21)22)13-8(2)18-20(5)14(13)16-11/h6H,1-5H3,(H,21,22)/p-1. The number of carbonyl (C=O) groups is 1. The zero-order chi connectivity index (χ0) is 16.2. The third kappa shape index (κ3) is 1.89. The van der Waals surface area contributed by atoms with Crippen LogP contribution in [-0.2, 0) is 14.1 Å². The van der Waals surface area contributed by atoms with E-state index in [0.29, 0.717) is 22.4 Å². The number of hydrogen-bond acceptors (Lipinski definition) is 5. The first kappa shape index (κ1) is 14.2. The molecule has 7 nitrogen and oxygen atoms in total. The van der Waals surface area contributed by atoms with Crippen LogP contribution in [0.3, 0.4) is 0 Å². The topological polar surface area (TPSA) is 88.7 Å². The molecule has 0 unspecified atom stereocenters. The van der Waals surface area contributed by atoms with E-state index in [2.05, 4.69) is 15.2 Å². The van der Waals surface area contributed by atoms with Crippen molar-refractivity contribution in [2.45, 2.75) is 20.8 Å². The first-order valence-electron chi connectivity index (χ1n) is 6.87. The summed E-state index contributed by atoms with van der Waals surface area (Å²) >= 11 is 0. The molecule has 0 fully saturated rings. The number of hydrogen-bond donors (Lipinski definition) is 0. The van der Waals surface area contributed by atoms with Gasteiger partial charge in [-0.05, 0) is 26.8 Å². The number of aromatic carboxylic acids is 1. The average Bonchev–Trinajstić information content (AvgIpc) is 2.86. The number of pyridine rings is 1. The van der Waals surface area contributed by atoms with Gasteiger partial charge in [-0.15, -0.1) is 0 Å². The van der Waals surface area contributed by atoms with Crippen LogP contribution in [0.4, 0.5) is 0 Å². The molecule has 0 saturated heterocycles. The van der Waals surface area contributed by atoms with Crippen molar-refractivity contribution in [2.24, 2.45) is 14.1 Å². The number of rotatable bonds is 2. The van der Waals surface area contributed by atoms with Gasteiger partial charge in [-0.1, -0.05) is 0 Å². The van der Waals surface area contributed by atoms with Crippen LogP contribution in [0.5, 0.6) is 0 Å². The summed E-state index contributed by atoms with van der Waals surface area (Å²) in [7, 11) is 3.59. The molecule has 3 heterocycles. The number of carbonyl (C=O) groups excluding carboxylic acids is 1. The summed E-state index contributed by atoms with van der Waals surface area (Å²) in [5.74, 6) is -1.23. The van der Waals surface area contributed by atoms with E-state index in [-0.39, 0.29) is 5.56 Å². The zero-order valence-corrected chi connectivity index (χ0v) is 13.1. The minimum Gasteiger partial charge on any atom is -0.545 e. The van der Waals surface area contributed by atoms with Gasteiger partial charge in [0.05, 0.1) is 28.4 Å². The molecular formula is C15H16N5O2-. The Morgan fingerprint density at radius 2 is 1.73 bits per heavy atom. The number of carboxylic acids is 1. The molecule has 3 rings (SSSR count). The average molecular weight is 298 g/mol. The summed E-state index contributed by atoms with van der Waals surface area (Å²) in [5, 5.41) is 20.7. The quantitative estimate of drug-likeness (QED) is 0.693. The Morgan fingerprint density at radius 1 is 1.09 bits per heavy atom. The maximum absolute atomic E-state index is 11.5. The lowest BCUT2D eigenvalue weighted by Crippen LogP contribution is -2.23. The molecule has 0 saturated carbocycles. The van der Waals surface area contributed by atoms with E-state index in [9.17, 15) is 9.90 Å². The molecule has 0 aliphatic carbocycles. The fourth-order valence-electron chi connectivity index (χ4n) is 2.88. The molecule has 0 aromatic carbocycles. The highest BCUT2D eigenvalue weighted by molar-refractivity contribution is 6.03. The van der Waals surface area contributed by atoms with Crippen molar-refractivity contribution in [1.82, 2.24) is 24.5 Å². The van der Waals surface area contributed by atoms with Gasteiger partial charge in [-0.3, -0.25) is 9.36 Å². The summed E-state index contributed by atoms with van der Waals surface area (Å²) in [6, 6.07) is 1.54. The van der Waals surface area contributed by atoms with E-state index >= 15 is 0 Å². The largest absolute Gasteiger partial charge is 0.545 e. The van der Waals surface area contributed by atoms with Gasteiger partial charge >= 0.3 is 0 Å². The Kier molecular flexibility index (Phi) is 3.01. The molecule has 0 amide bonds. The van der Waals surface area contributed by atoms with Gasteiger partial charge in [-0.25, -0.2) is 4.98 Å². The van der Waals surface area contributed by atoms with Gasteiger partial charge in [0, 0.05) is 30.9 Å². The van der Waals surface area contributed by atoms with Crippen LogP contribution in [0.25, 0.3) is 22.3 Å². The number of fused-ring (bicyclic) bond motifs is 1. The minimum atomic E-state index is -1.23. The molecule has 0 atom stereocenters. The number of nitrogens with zero attached hydrogens (tertiary/aromatic N) is 5. The smallest absolute Gasteiger partial charge is 0.159 e. The monoisotopic (exact) mass is 298 g/mol. The summed E-state index contributed by atoms with van der Waals surface area (Å²) in [6.45, 7) is 5.56. The third-order valence-electron chi connectivity index (χ3n) is 3.95. The molecule has 0 spiro atoms. The van der Waals surface area contributed by atoms with Crippen molar-refractivity contribution < 1.29 is 9.90 Å². The van der Waals surface area contributed by atoms with Gasteiger partial charge in [0.1, 0.15) is 0 Å². The van der Waals surface area contributed by atoms with Gasteiger partial charge in [0.2, 0.25) is 0 Å². The Balaban J connectivity index is 2.41. The van der Waals surface area contributed by atoms with Crippen LogP contribution in [0.2, 0.25) is 0 Å². The summed E-state index contributed by atoms with van der Waals surface area (Å²) < 4.78 is 3.34. The Bertz CT molecular complexity index is 920. The predicted octanol–water partition coefficient (Wildman–Crippen LogP) is 0.658. The van der Waals surface area contributed by atoms with E-state index in [1.54, 1.807) is 29.4 Å². The Hall–Kier alpha value is -2.70. The van der Waals surface area contributed by atoms with Crippen LogP contribution < -0.4 is 5.11 Å². The normalized spacial score (nSPS) is 11.3. The van der Waals surface area contributed by atoms with Crippen molar-refractivity contribution in [3.63, 3.8) is 0 Å². The van der Waals surface area contributed by atoms with Gasteiger partial charge in [-0.2, -0.15) is 10.2 Å². The maximum atomic E-state index is 11.5. The second-order valence-electron chi connectivity index (χ2n) is 5.42. The minimum absolute atomic E-state index is 0.105. The molecule has 0 aliphatic heterocycles. The highest BCUT2D eigenvalue weighted by Crippen LogP contribution is 2.30. The lowest BCUT2D eigenvalue weighted by molar-refractivity contribution is -0.254. The fraction of sp³-hybridized carbons (Fsp3) is 0.333. The Morgan fingerprint density at radius 3 is 2.27 bits per heavy atom. The summed E-state index contributed by atoms with van der Waals surface area (Å²) in [4.78, 5) is 16.1. The van der Waals surface area contributed by atoms with E-state index in [1.807, 2.05) is 20.9 Å². The fourth-order valence-corrected chi connectivity index (χ4v) is 2.88. The second-order valence-corrected chi connectivity index (χ2v) is 5.42. The molecular weight excluding hydrogens is 282 g/mol. The van der Waals surface area contributed by atoms with Crippen LogP contribution >= 0.6 is 0 Å². The molecule has 0 bridgehead atoms. The third-order valence-corrected chi connectivity index (χ3v) is 3.95. The number of carboxylic acid groups (broad SMARTS) is 1. The van der Waals surface area contributed by atoms with Crippen molar-refractivity contribution in [3.8, 4) is 11.3 Å². The van der Waals surface area contributed by atoms with Crippen molar-refractivity contribution in [3.05, 3.63) is 28.7 Å². The van der Waals surface area contributed by atoms with Crippen molar-refractivity contribution in [2.75, 3.05) is 0 Å². The van der Waals surface area contributed by atoms with Gasteiger partial charge in [0.25, 0.3) is 0 Å². The van der Waals surface area contributed by atoms with E-state index < -0.39 is 5.97 Å². The first-order valence-corrected chi connectivity index (χ1v) is 6.87. The van der Waals surface area contributed by atoms with Crippen LogP contribution in [0.1, 0.15) is 27.4 Å². The molecule has 3 aromatic heterocycles. The first-order chi connectivity index (χ1) is 10.3. The number of aryl methyl sites for hydroxylation is 4. The summed E-state index contributed by atoms with van der Waals surface area (Å²) in [5.41, 5.74) is 4.38. The summed E-state index contributed by atoms with van der Waals surface area (Å²) in [6.07, 6.45) is 0. The van der Waals surface area contributed by atoms with Crippen molar-refractivity contribution in [1.29, 1.82) is 0 Å². The van der Waals surface area contributed by atoms with Crippen LogP contribution in [0.15, 0.2) is 6.07 Å². The highest BCUT2D eigenvalue weighted by Gasteiger charge is 2.19. The SMILES string of the molecule is Cc1nn(C)c(C)c1-c1cc(C(=O)[O-])c2c(C)nn(C)c2n1. The lowest BCUT2D eigenvalue weighted by Gasteiger charge is -2.09. The maximum Gasteiger partial charge on any atom is 0.159 e. The highest BCUT2D eigenvalue weighted by atomic mass is 16.4. The molecule has 0 N–H and O–H groups in total. The Labute approximate surface area is 127 Å². The van der Waals surface area contributed by atoms with E-state index in [4.69, 9.17) is 0 Å². The van der Waals surface area contributed by atoms with Crippen molar-refractivity contribution >= 4 is 17.0 Å². The van der Waals surface area contributed by atoms with Crippen LogP contribution in [0, 0.1) is 20.8 Å². The second kappa shape index (κ2) is 4.66. The molecule has 7 heteroatoms. The molecule has 0 aliphatic rings. The molecule has 22 heavy (non-hydrogen) atoms. The zero-order valence-electron chi connectivity index (χ0n) is 13.1.